The van der Waals surface area contributed by atoms with E-state index in [2.05, 4.69) is 15.9 Å². The lowest BCUT2D eigenvalue weighted by Crippen LogP contribution is -1.98. The molecule has 1 aromatic heterocycles. The van der Waals surface area contributed by atoms with Crippen LogP contribution < -0.4 is 0 Å². The van der Waals surface area contributed by atoms with E-state index in [0.717, 1.165) is 4.88 Å². The number of halogens is 3. The van der Waals surface area contributed by atoms with Crippen LogP contribution in [0.2, 0.25) is 0 Å². The van der Waals surface area contributed by atoms with Gasteiger partial charge in [-0.05, 0) is 19.1 Å². The quantitative estimate of drug-likeness (QED) is 0.691. The molecular weight excluding hydrogens is 234 g/mol. The molecule has 0 saturated carbocycles. The Morgan fingerprint density at radius 3 is 2.45 bits per heavy atom. The fourth-order valence-electron chi connectivity index (χ4n) is 0.726. The highest BCUT2D eigenvalue weighted by atomic mass is 79.9. The zero-order valence-corrected chi connectivity index (χ0v) is 8.25. The molecule has 62 valence electrons. The lowest BCUT2D eigenvalue weighted by atomic mass is 10.3. The van der Waals surface area contributed by atoms with Crippen molar-refractivity contribution in [1.29, 1.82) is 0 Å². The predicted molar refractivity (Wildman–Crippen MR) is 46.7 cm³/mol. The molecule has 1 unspecified atom stereocenters. The Kier molecular flexibility index (Phi) is 3.01. The highest BCUT2D eigenvalue weighted by molar-refractivity contribution is 9.09. The molecule has 0 aliphatic carbocycles. The summed E-state index contributed by atoms with van der Waals surface area (Å²) in [6.45, 7) is 1.90. The second-order valence-electron chi connectivity index (χ2n) is 2.18. The van der Waals surface area contributed by atoms with Crippen LogP contribution in [0.25, 0.3) is 0 Å². The molecule has 11 heavy (non-hydrogen) atoms. The van der Waals surface area contributed by atoms with Gasteiger partial charge in [0.1, 0.15) is 4.83 Å². The lowest BCUT2D eigenvalue weighted by Gasteiger charge is -2.03. The number of thiophene rings is 1. The summed E-state index contributed by atoms with van der Waals surface area (Å²) in [5.41, 5.74) is 0. The molecule has 0 aromatic carbocycles. The van der Waals surface area contributed by atoms with Crippen LogP contribution in [-0.4, -0.2) is 6.43 Å². The van der Waals surface area contributed by atoms with Gasteiger partial charge in [-0.2, -0.15) is 0 Å². The van der Waals surface area contributed by atoms with E-state index in [1.54, 1.807) is 6.07 Å². The average Bonchev–Trinajstić information content (AvgIpc) is 2.34. The molecule has 0 radical (unpaired) electrons. The Labute approximate surface area is 76.4 Å². The molecule has 0 spiro atoms. The standard InChI is InChI=1S/C7H7BrF2S/c1-4-2-3-5(11-4)6(8)7(9)10/h2-3,6-7H,1H3. The molecule has 4 heteroatoms. The highest BCUT2D eigenvalue weighted by Crippen LogP contribution is 2.33. The van der Waals surface area contributed by atoms with E-state index in [1.165, 1.54) is 11.3 Å². The first-order chi connectivity index (χ1) is 5.11. The second kappa shape index (κ2) is 3.63. The minimum absolute atomic E-state index is 0.692. The summed E-state index contributed by atoms with van der Waals surface area (Å²) < 4.78 is 24.2. The molecule has 0 aliphatic rings. The van der Waals surface area contributed by atoms with Crippen LogP contribution in [0.1, 0.15) is 14.6 Å². The molecule has 1 rings (SSSR count). The van der Waals surface area contributed by atoms with E-state index in [-0.39, 0.29) is 0 Å². The van der Waals surface area contributed by atoms with Gasteiger partial charge in [0.05, 0.1) is 0 Å². The third-order valence-electron chi connectivity index (χ3n) is 1.25. The van der Waals surface area contributed by atoms with Crippen molar-refractivity contribution in [3.05, 3.63) is 21.9 Å². The van der Waals surface area contributed by atoms with Crippen molar-refractivity contribution >= 4 is 27.3 Å². The molecule has 0 nitrogen and oxygen atoms in total. The second-order valence-corrected chi connectivity index (χ2v) is 4.49. The fourth-order valence-corrected chi connectivity index (χ4v) is 2.02. The van der Waals surface area contributed by atoms with E-state index in [0.29, 0.717) is 4.88 Å². The van der Waals surface area contributed by atoms with Crippen molar-refractivity contribution in [2.75, 3.05) is 0 Å². The van der Waals surface area contributed by atoms with Gasteiger partial charge in [0.2, 0.25) is 0 Å². The van der Waals surface area contributed by atoms with E-state index in [9.17, 15) is 8.78 Å². The van der Waals surface area contributed by atoms with Crippen molar-refractivity contribution in [2.45, 2.75) is 18.2 Å². The van der Waals surface area contributed by atoms with Crippen LogP contribution in [0, 0.1) is 6.92 Å². The lowest BCUT2D eigenvalue weighted by molar-refractivity contribution is 0.148. The zero-order chi connectivity index (χ0) is 8.43. The Hall–Kier alpha value is 0.0400. The molecule has 1 heterocycles. The van der Waals surface area contributed by atoms with Crippen LogP contribution in [-0.2, 0) is 0 Å². The number of alkyl halides is 3. The van der Waals surface area contributed by atoms with Gasteiger partial charge in [0.15, 0.2) is 0 Å². The van der Waals surface area contributed by atoms with Crippen LogP contribution in [0.5, 0.6) is 0 Å². The first kappa shape index (κ1) is 9.13. The van der Waals surface area contributed by atoms with Crippen molar-refractivity contribution in [2.24, 2.45) is 0 Å². The Morgan fingerprint density at radius 2 is 2.09 bits per heavy atom. The molecule has 1 aromatic rings. The van der Waals surface area contributed by atoms with Crippen LogP contribution in [0.4, 0.5) is 8.78 Å². The van der Waals surface area contributed by atoms with E-state index in [1.807, 2.05) is 13.0 Å². The summed E-state index contributed by atoms with van der Waals surface area (Å²) in [7, 11) is 0. The zero-order valence-electron chi connectivity index (χ0n) is 5.85. The van der Waals surface area contributed by atoms with Crippen molar-refractivity contribution in [3.8, 4) is 0 Å². The summed E-state index contributed by atoms with van der Waals surface area (Å²) in [4.78, 5) is 0.948. The molecular formula is C7H7BrF2S. The molecule has 0 aliphatic heterocycles. The molecule has 0 N–H and O–H groups in total. The molecule has 1 atom stereocenters. The Morgan fingerprint density at radius 1 is 1.45 bits per heavy atom. The maximum atomic E-state index is 12.1. The smallest absolute Gasteiger partial charge is 0.209 e. The van der Waals surface area contributed by atoms with Crippen molar-refractivity contribution in [1.82, 2.24) is 0 Å². The highest BCUT2D eigenvalue weighted by Gasteiger charge is 2.19. The fraction of sp³-hybridized carbons (Fsp3) is 0.429. The summed E-state index contributed by atoms with van der Waals surface area (Å²) in [6, 6.07) is 3.57. The van der Waals surface area contributed by atoms with Crippen molar-refractivity contribution in [3.63, 3.8) is 0 Å². The van der Waals surface area contributed by atoms with Gasteiger partial charge in [-0.15, -0.1) is 11.3 Å². The molecule has 0 bridgehead atoms. The van der Waals surface area contributed by atoms with E-state index >= 15 is 0 Å². The first-order valence-corrected chi connectivity index (χ1v) is 4.83. The van der Waals surface area contributed by atoms with Crippen molar-refractivity contribution < 1.29 is 8.78 Å². The maximum absolute atomic E-state index is 12.1. The predicted octanol–water partition coefficient (Wildman–Crippen LogP) is 3.76. The third-order valence-corrected chi connectivity index (χ3v) is 3.53. The SMILES string of the molecule is Cc1ccc(C(Br)C(F)F)s1. The summed E-state index contributed by atoms with van der Waals surface area (Å²) >= 11 is 4.32. The summed E-state index contributed by atoms with van der Waals surface area (Å²) in [5, 5.41) is 0. The summed E-state index contributed by atoms with van der Waals surface area (Å²) in [6.07, 6.45) is -2.33. The number of aryl methyl sites for hydroxylation is 1. The van der Waals surface area contributed by atoms with Gasteiger partial charge in [0.25, 0.3) is 6.43 Å². The first-order valence-electron chi connectivity index (χ1n) is 3.10. The van der Waals surface area contributed by atoms with E-state index < -0.39 is 11.3 Å². The van der Waals surface area contributed by atoms with E-state index in [4.69, 9.17) is 0 Å². The monoisotopic (exact) mass is 240 g/mol. The minimum atomic E-state index is -2.33. The largest absolute Gasteiger partial charge is 0.255 e. The molecule has 0 fully saturated rings. The number of rotatable bonds is 2. The van der Waals surface area contributed by atoms with Gasteiger partial charge >= 0.3 is 0 Å². The summed E-state index contributed by atoms with van der Waals surface area (Å²) in [5.74, 6) is 0. The Balaban J connectivity index is 2.76. The van der Waals surface area contributed by atoms with Gasteiger partial charge in [-0.3, -0.25) is 0 Å². The Bertz CT molecular complexity index is 234. The molecule has 0 saturated heterocycles. The average molecular weight is 241 g/mol. The molecule has 0 amide bonds. The third kappa shape index (κ3) is 2.24. The van der Waals surface area contributed by atoms with Gasteiger partial charge < -0.3 is 0 Å². The van der Waals surface area contributed by atoms with Gasteiger partial charge in [0, 0.05) is 9.75 Å². The normalized spacial score (nSPS) is 13.9. The van der Waals surface area contributed by atoms with Crippen LogP contribution >= 0.6 is 27.3 Å². The maximum Gasteiger partial charge on any atom is 0.255 e. The van der Waals surface area contributed by atoms with Gasteiger partial charge in [-0.1, -0.05) is 15.9 Å². The number of hydrogen-bond acceptors (Lipinski definition) is 1. The van der Waals surface area contributed by atoms with Gasteiger partial charge in [-0.25, -0.2) is 8.78 Å². The number of hydrogen-bond donors (Lipinski definition) is 0. The van der Waals surface area contributed by atoms with Crippen LogP contribution in [0.15, 0.2) is 12.1 Å². The minimum Gasteiger partial charge on any atom is -0.209 e. The van der Waals surface area contributed by atoms with Crippen LogP contribution in [0.3, 0.4) is 0 Å². The topological polar surface area (TPSA) is 0 Å².